The van der Waals surface area contributed by atoms with Crippen molar-refractivity contribution in [3.05, 3.63) is 58.3 Å². The molecule has 2 atom stereocenters. The Morgan fingerprint density at radius 1 is 1.20 bits per heavy atom. The van der Waals surface area contributed by atoms with Crippen molar-refractivity contribution in [2.75, 3.05) is 5.75 Å². The van der Waals surface area contributed by atoms with Crippen LogP contribution in [-0.2, 0) is 28.4 Å². The molecule has 20 heavy (non-hydrogen) atoms. The number of aliphatic carboxylic acids is 1. The Morgan fingerprint density at radius 2 is 1.95 bits per heavy atom. The van der Waals surface area contributed by atoms with Gasteiger partial charge in [-0.05, 0) is 29.9 Å². The summed E-state index contributed by atoms with van der Waals surface area (Å²) in [5, 5.41) is 10.4. The zero-order valence-corrected chi connectivity index (χ0v) is 12.5. The summed E-state index contributed by atoms with van der Waals surface area (Å²) in [6.07, 6.45) is 0.982. The molecule has 0 radical (unpaired) electrons. The molecular weight excluding hydrogens is 292 g/mol. The molecule has 2 rings (SSSR count). The van der Waals surface area contributed by atoms with E-state index in [0.29, 0.717) is 18.6 Å². The second-order valence-electron chi connectivity index (χ2n) is 4.43. The van der Waals surface area contributed by atoms with Gasteiger partial charge >= 0.3 is 5.97 Å². The lowest BCUT2D eigenvalue weighted by Crippen LogP contribution is -2.30. The molecule has 0 bridgehead atoms. The number of carbonyl (C=O) groups is 1. The van der Waals surface area contributed by atoms with E-state index in [1.54, 1.807) is 11.3 Å². The van der Waals surface area contributed by atoms with Crippen LogP contribution < -0.4 is 0 Å². The zero-order chi connectivity index (χ0) is 14.4. The van der Waals surface area contributed by atoms with Crippen molar-refractivity contribution in [2.45, 2.75) is 18.1 Å². The minimum Gasteiger partial charge on any atom is -0.480 e. The molecule has 0 aliphatic heterocycles. The van der Waals surface area contributed by atoms with Crippen LogP contribution in [0, 0.1) is 0 Å². The molecule has 0 aliphatic carbocycles. The second-order valence-corrected chi connectivity index (χ2v) is 7.20. The molecular formula is C15H16O3S2. The molecule has 0 spiro atoms. The van der Waals surface area contributed by atoms with Crippen LogP contribution >= 0.6 is 11.3 Å². The zero-order valence-electron chi connectivity index (χ0n) is 10.9. The number of hydrogen-bond acceptors (Lipinski definition) is 3. The molecule has 1 heterocycles. The molecule has 1 N–H and O–H groups in total. The first-order chi connectivity index (χ1) is 9.66. The van der Waals surface area contributed by atoms with Crippen LogP contribution in [0.1, 0.15) is 10.4 Å². The lowest BCUT2D eigenvalue weighted by Gasteiger charge is -2.12. The summed E-state index contributed by atoms with van der Waals surface area (Å²) in [5.41, 5.74) is 0.907. The highest BCUT2D eigenvalue weighted by molar-refractivity contribution is 7.86. The Kier molecular flexibility index (Phi) is 5.49. The van der Waals surface area contributed by atoms with Crippen molar-refractivity contribution in [3.8, 4) is 0 Å². The number of aryl methyl sites for hydroxylation is 1. The quantitative estimate of drug-likeness (QED) is 0.855. The Hall–Kier alpha value is -1.46. The first kappa shape index (κ1) is 14.9. The SMILES string of the molecule is O=C(O)C(Cc1ccccc1)S(=O)CCc1cccs1. The summed E-state index contributed by atoms with van der Waals surface area (Å²) >= 11 is 1.61. The number of benzene rings is 1. The van der Waals surface area contributed by atoms with Gasteiger partial charge in [0.25, 0.3) is 0 Å². The highest BCUT2D eigenvalue weighted by Gasteiger charge is 2.24. The van der Waals surface area contributed by atoms with E-state index in [1.165, 1.54) is 0 Å². The maximum Gasteiger partial charge on any atom is 0.319 e. The maximum absolute atomic E-state index is 12.2. The van der Waals surface area contributed by atoms with Gasteiger partial charge in [0.1, 0.15) is 5.25 Å². The Morgan fingerprint density at radius 3 is 2.55 bits per heavy atom. The summed E-state index contributed by atoms with van der Waals surface area (Å²) in [7, 11) is -1.37. The molecule has 1 aromatic heterocycles. The lowest BCUT2D eigenvalue weighted by molar-refractivity contribution is -0.136. The fraction of sp³-hybridized carbons (Fsp3) is 0.267. The van der Waals surface area contributed by atoms with E-state index in [0.717, 1.165) is 10.4 Å². The highest BCUT2D eigenvalue weighted by atomic mass is 32.2. The topological polar surface area (TPSA) is 54.4 Å². The van der Waals surface area contributed by atoms with Gasteiger partial charge in [-0.3, -0.25) is 9.00 Å². The van der Waals surface area contributed by atoms with E-state index in [2.05, 4.69) is 0 Å². The Balaban J connectivity index is 1.97. The van der Waals surface area contributed by atoms with Gasteiger partial charge in [0.2, 0.25) is 0 Å². The second kappa shape index (κ2) is 7.36. The third-order valence-corrected chi connectivity index (χ3v) is 5.53. The molecule has 2 unspecified atom stereocenters. The van der Waals surface area contributed by atoms with Crippen molar-refractivity contribution < 1.29 is 14.1 Å². The summed E-state index contributed by atoms with van der Waals surface area (Å²) < 4.78 is 12.2. The standard InChI is InChI=1S/C15H16O3S2/c16-15(17)14(11-12-5-2-1-3-6-12)20(18)10-8-13-7-4-9-19-13/h1-7,9,14H,8,10-11H2,(H,16,17). The fourth-order valence-corrected chi connectivity index (χ4v) is 4.07. The van der Waals surface area contributed by atoms with Crippen molar-refractivity contribution >= 4 is 28.1 Å². The van der Waals surface area contributed by atoms with E-state index >= 15 is 0 Å². The number of thiophene rings is 1. The smallest absolute Gasteiger partial charge is 0.319 e. The van der Waals surface area contributed by atoms with Crippen molar-refractivity contribution in [2.24, 2.45) is 0 Å². The molecule has 0 amide bonds. The van der Waals surface area contributed by atoms with Gasteiger partial charge in [-0.2, -0.15) is 0 Å². The van der Waals surface area contributed by atoms with Gasteiger partial charge in [-0.15, -0.1) is 11.3 Å². The van der Waals surface area contributed by atoms with Crippen LogP contribution in [0.15, 0.2) is 47.8 Å². The molecule has 1 aromatic carbocycles. The third-order valence-electron chi connectivity index (χ3n) is 2.99. The molecule has 0 saturated heterocycles. The molecule has 2 aromatic rings. The molecule has 0 saturated carbocycles. The van der Waals surface area contributed by atoms with E-state index in [9.17, 15) is 14.1 Å². The van der Waals surface area contributed by atoms with Crippen LogP contribution in [0.3, 0.4) is 0 Å². The van der Waals surface area contributed by atoms with Crippen LogP contribution in [-0.4, -0.2) is 26.3 Å². The normalized spacial score (nSPS) is 13.8. The predicted octanol–water partition coefficient (Wildman–Crippen LogP) is 2.74. The molecule has 5 heteroatoms. The minimum absolute atomic E-state index is 0.313. The highest BCUT2D eigenvalue weighted by Crippen LogP contribution is 2.13. The maximum atomic E-state index is 12.2. The van der Waals surface area contributed by atoms with Gasteiger partial charge in [0.15, 0.2) is 0 Å². The summed E-state index contributed by atoms with van der Waals surface area (Å²) in [5.74, 6) is -0.594. The molecule has 0 fully saturated rings. The number of carboxylic acid groups (broad SMARTS) is 1. The van der Waals surface area contributed by atoms with Gasteiger partial charge in [-0.25, -0.2) is 0 Å². The molecule has 0 aliphatic rings. The average molecular weight is 308 g/mol. The van der Waals surface area contributed by atoms with E-state index in [4.69, 9.17) is 0 Å². The van der Waals surface area contributed by atoms with Crippen LogP contribution in [0.4, 0.5) is 0 Å². The fourth-order valence-electron chi connectivity index (χ4n) is 1.92. The third kappa shape index (κ3) is 4.28. The lowest BCUT2D eigenvalue weighted by atomic mass is 10.1. The van der Waals surface area contributed by atoms with Crippen molar-refractivity contribution in [1.29, 1.82) is 0 Å². The molecule has 106 valence electrons. The van der Waals surface area contributed by atoms with Crippen molar-refractivity contribution in [1.82, 2.24) is 0 Å². The van der Waals surface area contributed by atoms with Crippen LogP contribution in [0.2, 0.25) is 0 Å². The number of carboxylic acids is 1. The van der Waals surface area contributed by atoms with Gasteiger partial charge in [0.05, 0.1) is 0 Å². The first-order valence-corrected chi connectivity index (χ1v) is 8.59. The Labute approximate surface area is 124 Å². The average Bonchev–Trinajstić information content (AvgIpc) is 2.96. The summed E-state index contributed by atoms with van der Waals surface area (Å²) in [4.78, 5) is 12.5. The monoisotopic (exact) mass is 308 g/mol. The number of rotatable bonds is 7. The minimum atomic E-state index is -1.37. The van der Waals surface area contributed by atoms with Gasteiger partial charge in [0, 0.05) is 21.4 Å². The van der Waals surface area contributed by atoms with Crippen LogP contribution in [0.25, 0.3) is 0 Å². The Bertz CT molecular complexity index is 564. The summed E-state index contributed by atoms with van der Waals surface area (Å²) in [6.45, 7) is 0. The van der Waals surface area contributed by atoms with Crippen molar-refractivity contribution in [3.63, 3.8) is 0 Å². The summed E-state index contributed by atoms with van der Waals surface area (Å²) in [6, 6.07) is 13.3. The number of hydrogen-bond donors (Lipinski definition) is 1. The predicted molar refractivity (Wildman–Crippen MR) is 82.6 cm³/mol. The van der Waals surface area contributed by atoms with Gasteiger partial charge in [-0.1, -0.05) is 36.4 Å². The first-order valence-electron chi connectivity index (χ1n) is 6.33. The van der Waals surface area contributed by atoms with Crippen LogP contribution in [0.5, 0.6) is 0 Å². The van der Waals surface area contributed by atoms with E-state index in [-0.39, 0.29) is 0 Å². The van der Waals surface area contributed by atoms with E-state index in [1.807, 2.05) is 47.8 Å². The largest absolute Gasteiger partial charge is 0.480 e. The van der Waals surface area contributed by atoms with Gasteiger partial charge < -0.3 is 5.11 Å². The molecule has 3 nitrogen and oxygen atoms in total. The van der Waals surface area contributed by atoms with E-state index < -0.39 is 22.0 Å².